The molecule has 1 aromatic heterocycles. The molecule has 2 aliphatic rings. The second kappa shape index (κ2) is 4.09. The van der Waals surface area contributed by atoms with Crippen LogP contribution in [-0.4, -0.2) is 29.9 Å². The summed E-state index contributed by atoms with van der Waals surface area (Å²) >= 11 is 1.73. The van der Waals surface area contributed by atoms with Crippen LogP contribution < -0.4 is 0 Å². The van der Waals surface area contributed by atoms with Crippen molar-refractivity contribution in [3.63, 3.8) is 0 Å². The van der Waals surface area contributed by atoms with Gasteiger partial charge in [0, 0.05) is 29.9 Å². The molecule has 2 fully saturated rings. The first-order chi connectivity index (χ1) is 7.84. The summed E-state index contributed by atoms with van der Waals surface area (Å²) in [5.74, 6) is 0.577. The van der Waals surface area contributed by atoms with Crippen molar-refractivity contribution in [3.8, 4) is 0 Å². The number of hydrogen-bond donors (Lipinski definition) is 1. The number of aliphatic hydroxyl groups excluding tert-OH is 1. The summed E-state index contributed by atoms with van der Waals surface area (Å²) < 4.78 is 5.36. The largest absolute Gasteiger partial charge is 0.395 e. The normalized spacial score (nSPS) is 24.6. The van der Waals surface area contributed by atoms with Crippen LogP contribution >= 0.6 is 11.3 Å². The molecule has 4 heteroatoms. The molecule has 1 aliphatic carbocycles. The zero-order valence-corrected chi connectivity index (χ0v) is 10.1. The van der Waals surface area contributed by atoms with Gasteiger partial charge in [0.2, 0.25) is 0 Å². The summed E-state index contributed by atoms with van der Waals surface area (Å²) in [6, 6.07) is 0. The van der Waals surface area contributed by atoms with Crippen molar-refractivity contribution >= 4 is 11.3 Å². The number of nitrogens with zero attached hydrogens (tertiary/aromatic N) is 1. The predicted molar refractivity (Wildman–Crippen MR) is 62.9 cm³/mol. The molecule has 0 amide bonds. The zero-order chi connectivity index (χ0) is 11.0. The fourth-order valence-corrected chi connectivity index (χ4v) is 3.46. The second-order valence-electron chi connectivity index (χ2n) is 4.90. The van der Waals surface area contributed by atoms with Gasteiger partial charge in [0.05, 0.1) is 12.3 Å². The minimum Gasteiger partial charge on any atom is -0.395 e. The first-order valence-corrected chi connectivity index (χ1v) is 6.86. The Bertz CT molecular complexity index is 367. The minimum atomic E-state index is 0.0358. The average Bonchev–Trinajstić information content (AvgIpc) is 3.00. The predicted octanol–water partition coefficient (Wildman–Crippen LogP) is 2.06. The van der Waals surface area contributed by atoms with E-state index in [0.717, 1.165) is 43.9 Å². The first kappa shape index (κ1) is 10.7. The Labute approximate surface area is 99.5 Å². The fraction of sp³-hybridized carbons (Fsp3) is 0.750. The van der Waals surface area contributed by atoms with E-state index >= 15 is 0 Å². The van der Waals surface area contributed by atoms with Crippen molar-refractivity contribution in [3.05, 3.63) is 16.1 Å². The Kier molecular flexibility index (Phi) is 2.73. The van der Waals surface area contributed by atoms with Gasteiger partial charge in [-0.2, -0.15) is 0 Å². The lowest BCUT2D eigenvalue weighted by Crippen LogP contribution is -2.15. The van der Waals surface area contributed by atoms with Crippen LogP contribution in [0.25, 0.3) is 0 Å². The van der Waals surface area contributed by atoms with Gasteiger partial charge in [-0.15, -0.1) is 11.3 Å². The SMILES string of the molecule is OCC1(c2nc(C3CCOCC3)cs2)CC1. The number of aromatic nitrogens is 1. The van der Waals surface area contributed by atoms with E-state index in [1.165, 1.54) is 5.69 Å². The van der Waals surface area contributed by atoms with Gasteiger partial charge in [0.1, 0.15) is 5.01 Å². The van der Waals surface area contributed by atoms with Gasteiger partial charge in [-0.05, 0) is 25.7 Å². The van der Waals surface area contributed by atoms with E-state index in [1.54, 1.807) is 11.3 Å². The van der Waals surface area contributed by atoms with Crippen molar-refractivity contribution in [2.24, 2.45) is 0 Å². The molecular weight excluding hydrogens is 222 g/mol. The standard InChI is InChI=1S/C12H17NO2S/c14-8-12(3-4-12)11-13-10(7-16-11)9-1-5-15-6-2-9/h7,9,14H,1-6,8H2. The average molecular weight is 239 g/mol. The van der Waals surface area contributed by atoms with Crippen LogP contribution in [0.15, 0.2) is 5.38 Å². The highest BCUT2D eigenvalue weighted by Gasteiger charge is 2.46. The van der Waals surface area contributed by atoms with Crippen molar-refractivity contribution in [1.82, 2.24) is 4.98 Å². The van der Waals surface area contributed by atoms with Crippen LogP contribution in [0.1, 0.15) is 42.3 Å². The maximum Gasteiger partial charge on any atom is 0.101 e. The molecule has 1 saturated carbocycles. The quantitative estimate of drug-likeness (QED) is 0.878. The van der Waals surface area contributed by atoms with Crippen molar-refractivity contribution in [2.75, 3.05) is 19.8 Å². The van der Waals surface area contributed by atoms with E-state index in [0.29, 0.717) is 5.92 Å². The molecule has 3 nitrogen and oxygen atoms in total. The maximum atomic E-state index is 9.38. The van der Waals surface area contributed by atoms with Gasteiger partial charge in [-0.1, -0.05) is 0 Å². The van der Waals surface area contributed by atoms with E-state index in [1.807, 2.05) is 0 Å². The molecule has 0 unspecified atom stereocenters. The highest BCUT2D eigenvalue weighted by molar-refractivity contribution is 7.09. The van der Waals surface area contributed by atoms with Gasteiger partial charge >= 0.3 is 0 Å². The van der Waals surface area contributed by atoms with Crippen LogP contribution in [0, 0.1) is 0 Å². The molecule has 0 atom stereocenters. The van der Waals surface area contributed by atoms with Crippen molar-refractivity contribution in [1.29, 1.82) is 0 Å². The number of hydrogen-bond acceptors (Lipinski definition) is 4. The molecule has 2 heterocycles. The van der Waals surface area contributed by atoms with Crippen molar-refractivity contribution in [2.45, 2.75) is 37.0 Å². The first-order valence-electron chi connectivity index (χ1n) is 5.99. The van der Waals surface area contributed by atoms with Gasteiger partial charge in [0.25, 0.3) is 0 Å². The van der Waals surface area contributed by atoms with E-state index < -0.39 is 0 Å². The lowest BCUT2D eigenvalue weighted by molar-refractivity contribution is 0.0845. The molecule has 1 N–H and O–H groups in total. The molecule has 16 heavy (non-hydrogen) atoms. The summed E-state index contributed by atoms with van der Waals surface area (Å²) in [5.41, 5.74) is 1.26. The highest BCUT2D eigenvalue weighted by Crippen LogP contribution is 2.49. The van der Waals surface area contributed by atoms with E-state index in [2.05, 4.69) is 5.38 Å². The maximum absolute atomic E-state index is 9.38. The van der Waals surface area contributed by atoms with Gasteiger partial charge in [0.15, 0.2) is 0 Å². The molecule has 88 valence electrons. The topological polar surface area (TPSA) is 42.4 Å². The number of ether oxygens (including phenoxy) is 1. The van der Waals surface area contributed by atoms with Crippen LogP contribution in [0.5, 0.6) is 0 Å². The van der Waals surface area contributed by atoms with E-state index in [-0.39, 0.29) is 12.0 Å². The van der Waals surface area contributed by atoms with Gasteiger partial charge < -0.3 is 9.84 Å². The van der Waals surface area contributed by atoms with Crippen LogP contribution in [0.2, 0.25) is 0 Å². The molecule has 1 aromatic rings. The minimum absolute atomic E-state index is 0.0358. The Morgan fingerprint density at radius 1 is 1.44 bits per heavy atom. The third kappa shape index (κ3) is 1.79. The third-order valence-corrected chi connectivity index (χ3v) is 4.88. The summed E-state index contributed by atoms with van der Waals surface area (Å²) in [6.07, 6.45) is 4.39. The number of thiazole rings is 1. The molecule has 0 aromatic carbocycles. The molecule has 0 spiro atoms. The Morgan fingerprint density at radius 3 is 2.81 bits per heavy atom. The van der Waals surface area contributed by atoms with Gasteiger partial charge in [-0.3, -0.25) is 0 Å². The highest BCUT2D eigenvalue weighted by atomic mass is 32.1. The molecule has 3 rings (SSSR count). The van der Waals surface area contributed by atoms with Gasteiger partial charge in [-0.25, -0.2) is 4.98 Å². The molecule has 1 saturated heterocycles. The van der Waals surface area contributed by atoms with Crippen LogP contribution in [-0.2, 0) is 10.2 Å². The van der Waals surface area contributed by atoms with Crippen LogP contribution in [0.3, 0.4) is 0 Å². The van der Waals surface area contributed by atoms with Crippen molar-refractivity contribution < 1.29 is 9.84 Å². The lowest BCUT2D eigenvalue weighted by atomic mass is 9.97. The molecular formula is C12H17NO2S. The molecule has 0 bridgehead atoms. The Morgan fingerprint density at radius 2 is 2.19 bits per heavy atom. The summed E-state index contributed by atoms with van der Waals surface area (Å²) in [5, 5.41) is 12.7. The summed E-state index contributed by atoms with van der Waals surface area (Å²) in [4.78, 5) is 4.74. The van der Waals surface area contributed by atoms with E-state index in [4.69, 9.17) is 9.72 Å². The smallest absolute Gasteiger partial charge is 0.101 e. The summed E-state index contributed by atoms with van der Waals surface area (Å²) in [7, 11) is 0. The lowest BCUT2D eigenvalue weighted by Gasteiger charge is -2.20. The molecule has 0 radical (unpaired) electrons. The van der Waals surface area contributed by atoms with Crippen LogP contribution in [0.4, 0.5) is 0 Å². The number of rotatable bonds is 3. The van der Waals surface area contributed by atoms with E-state index in [9.17, 15) is 5.11 Å². The third-order valence-electron chi connectivity index (χ3n) is 3.77. The monoisotopic (exact) mass is 239 g/mol. The molecule has 1 aliphatic heterocycles. The zero-order valence-electron chi connectivity index (χ0n) is 9.32. The summed E-state index contributed by atoms with van der Waals surface area (Å²) in [6.45, 7) is 1.99. The second-order valence-corrected chi connectivity index (χ2v) is 5.76. The Hall–Kier alpha value is -0.450. The fourth-order valence-electron chi connectivity index (χ4n) is 2.30. The number of aliphatic hydroxyl groups is 1. The Balaban J connectivity index is 1.77.